The summed E-state index contributed by atoms with van der Waals surface area (Å²) in [6.45, 7) is 8.20. The number of nitrogens with zero attached hydrogens (tertiary/aromatic N) is 3. The molecule has 1 aromatic carbocycles. The van der Waals surface area contributed by atoms with Gasteiger partial charge in [-0.2, -0.15) is 0 Å². The Morgan fingerprint density at radius 3 is 2.66 bits per heavy atom. The van der Waals surface area contributed by atoms with Crippen LogP contribution in [0.2, 0.25) is 0 Å². The smallest absolute Gasteiger partial charge is 0.354 e. The van der Waals surface area contributed by atoms with Gasteiger partial charge in [0.05, 0.1) is 13.2 Å². The van der Waals surface area contributed by atoms with Crippen LogP contribution >= 0.6 is 0 Å². The Kier molecular flexibility index (Phi) is 6.60. The van der Waals surface area contributed by atoms with Crippen LogP contribution in [0.15, 0.2) is 30.3 Å². The van der Waals surface area contributed by atoms with E-state index in [2.05, 4.69) is 17.2 Å². The van der Waals surface area contributed by atoms with E-state index < -0.39 is 5.97 Å². The first kappa shape index (κ1) is 22.1. The maximum atomic E-state index is 12.7. The number of amides is 2. The molecule has 4 rings (SSSR count). The zero-order chi connectivity index (χ0) is 22.7. The zero-order valence-electron chi connectivity index (χ0n) is 18.6. The van der Waals surface area contributed by atoms with Crippen LogP contribution in [-0.2, 0) is 4.74 Å². The number of likely N-dealkylation sites (tertiary alicyclic amines) is 1. The SMILES string of the molecule is CC[C@@H]1CCN(C(=O)Nc2ccc(C)c(-c3cc(C(=O)O)nc(N4CCOCC4)c3)c2)C1. The molecule has 1 aromatic heterocycles. The minimum atomic E-state index is -1.07. The number of morpholine rings is 1. The Labute approximate surface area is 188 Å². The molecule has 2 saturated heterocycles. The second-order valence-corrected chi connectivity index (χ2v) is 8.47. The summed E-state index contributed by atoms with van der Waals surface area (Å²) >= 11 is 0. The van der Waals surface area contributed by atoms with Gasteiger partial charge < -0.3 is 25.0 Å². The molecule has 2 amide bonds. The number of ether oxygens (including phenoxy) is 1. The Bertz CT molecular complexity index is 1000. The predicted molar refractivity (Wildman–Crippen MR) is 123 cm³/mol. The highest BCUT2D eigenvalue weighted by molar-refractivity contribution is 5.92. The van der Waals surface area contributed by atoms with Gasteiger partial charge in [0, 0.05) is 31.9 Å². The third-order valence-corrected chi connectivity index (χ3v) is 6.32. The monoisotopic (exact) mass is 438 g/mol. The molecule has 2 aliphatic rings. The van der Waals surface area contributed by atoms with Crippen LogP contribution in [0.25, 0.3) is 11.1 Å². The second kappa shape index (κ2) is 9.56. The average Bonchev–Trinajstić information content (AvgIpc) is 3.30. The molecule has 0 aliphatic carbocycles. The number of anilines is 2. The lowest BCUT2D eigenvalue weighted by atomic mass is 9.99. The fourth-order valence-electron chi connectivity index (χ4n) is 4.30. The van der Waals surface area contributed by atoms with Crippen molar-refractivity contribution in [1.29, 1.82) is 0 Å². The number of nitrogens with one attached hydrogen (secondary N) is 1. The minimum Gasteiger partial charge on any atom is -0.477 e. The molecule has 8 nitrogen and oxygen atoms in total. The van der Waals surface area contributed by atoms with E-state index in [1.54, 1.807) is 6.07 Å². The number of pyridine rings is 1. The molecule has 170 valence electrons. The van der Waals surface area contributed by atoms with Crippen molar-refractivity contribution in [2.24, 2.45) is 5.92 Å². The zero-order valence-corrected chi connectivity index (χ0v) is 18.6. The van der Waals surface area contributed by atoms with Crippen LogP contribution in [0.1, 0.15) is 35.8 Å². The van der Waals surface area contributed by atoms with E-state index in [1.807, 2.05) is 41.0 Å². The number of benzene rings is 1. The number of rotatable bonds is 5. The predicted octanol–water partition coefficient (Wildman–Crippen LogP) is 3.86. The Balaban J connectivity index is 1.62. The van der Waals surface area contributed by atoms with Gasteiger partial charge in [0.25, 0.3) is 0 Å². The molecule has 2 N–H and O–H groups in total. The Morgan fingerprint density at radius 2 is 1.97 bits per heavy atom. The van der Waals surface area contributed by atoms with Gasteiger partial charge in [0.15, 0.2) is 5.69 Å². The maximum absolute atomic E-state index is 12.7. The number of aromatic carboxylic acids is 1. The molecular weight excluding hydrogens is 408 g/mol. The lowest BCUT2D eigenvalue weighted by Gasteiger charge is -2.28. The number of urea groups is 1. The van der Waals surface area contributed by atoms with Gasteiger partial charge in [-0.1, -0.05) is 19.4 Å². The summed E-state index contributed by atoms with van der Waals surface area (Å²) in [5, 5.41) is 12.6. The standard InChI is InChI=1S/C24H30N4O4/c1-3-17-6-7-28(15-17)24(31)25-19-5-4-16(2)20(14-19)18-12-21(23(29)30)26-22(13-18)27-8-10-32-11-9-27/h4-5,12-14,17H,3,6-11,15H2,1-2H3,(H,25,31)(H,29,30)/t17-/m1/s1. The van der Waals surface area contributed by atoms with Crippen molar-refractivity contribution in [3.63, 3.8) is 0 Å². The van der Waals surface area contributed by atoms with Crippen LogP contribution in [-0.4, -0.2) is 66.4 Å². The quantitative estimate of drug-likeness (QED) is 0.736. The molecular formula is C24H30N4O4. The van der Waals surface area contributed by atoms with Gasteiger partial charge in [-0.3, -0.25) is 0 Å². The first-order valence-corrected chi connectivity index (χ1v) is 11.2. The summed E-state index contributed by atoms with van der Waals surface area (Å²) in [6, 6.07) is 9.14. The van der Waals surface area contributed by atoms with Crippen molar-refractivity contribution in [2.75, 3.05) is 49.6 Å². The number of hydrogen-bond donors (Lipinski definition) is 2. The van der Waals surface area contributed by atoms with Crippen LogP contribution in [0.3, 0.4) is 0 Å². The topological polar surface area (TPSA) is 95.0 Å². The molecule has 2 aromatic rings. The number of aromatic nitrogens is 1. The van der Waals surface area contributed by atoms with Crippen LogP contribution in [0.5, 0.6) is 0 Å². The van der Waals surface area contributed by atoms with Crippen molar-refractivity contribution in [2.45, 2.75) is 26.7 Å². The molecule has 32 heavy (non-hydrogen) atoms. The first-order valence-electron chi connectivity index (χ1n) is 11.2. The highest BCUT2D eigenvalue weighted by Crippen LogP contribution is 2.30. The largest absolute Gasteiger partial charge is 0.477 e. The molecule has 8 heteroatoms. The molecule has 1 atom stereocenters. The van der Waals surface area contributed by atoms with E-state index in [9.17, 15) is 14.7 Å². The van der Waals surface area contributed by atoms with Gasteiger partial charge >= 0.3 is 12.0 Å². The van der Waals surface area contributed by atoms with Gasteiger partial charge in [-0.15, -0.1) is 0 Å². The van der Waals surface area contributed by atoms with Gasteiger partial charge in [0.2, 0.25) is 0 Å². The van der Waals surface area contributed by atoms with Crippen molar-refractivity contribution < 1.29 is 19.4 Å². The second-order valence-electron chi connectivity index (χ2n) is 8.47. The first-order chi connectivity index (χ1) is 15.4. The minimum absolute atomic E-state index is 0.000467. The molecule has 2 aliphatic heterocycles. The van der Waals surface area contributed by atoms with Crippen LogP contribution < -0.4 is 10.2 Å². The molecule has 0 bridgehead atoms. The number of carboxylic acids is 1. The molecule has 0 unspecified atom stereocenters. The fraction of sp³-hybridized carbons (Fsp3) is 0.458. The number of carbonyl (C=O) groups is 2. The number of aryl methyl sites for hydroxylation is 1. The highest BCUT2D eigenvalue weighted by atomic mass is 16.5. The molecule has 2 fully saturated rings. The summed E-state index contributed by atoms with van der Waals surface area (Å²) < 4.78 is 5.41. The summed E-state index contributed by atoms with van der Waals surface area (Å²) in [5.74, 6) is 0.127. The van der Waals surface area contributed by atoms with E-state index in [4.69, 9.17) is 4.74 Å². The van der Waals surface area contributed by atoms with Crippen LogP contribution in [0.4, 0.5) is 16.3 Å². The normalized spacial score (nSPS) is 18.6. The van der Waals surface area contributed by atoms with Crippen molar-refractivity contribution in [1.82, 2.24) is 9.88 Å². The Hall–Kier alpha value is -3.13. The lowest BCUT2D eigenvalue weighted by Crippen LogP contribution is -2.37. The van der Waals surface area contributed by atoms with Crippen molar-refractivity contribution in [3.8, 4) is 11.1 Å². The molecule has 0 spiro atoms. The van der Waals surface area contributed by atoms with Gasteiger partial charge in [-0.05, 0) is 60.2 Å². The van der Waals surface area contributed by atoms with E-state index in [-0.39, 0.29) is 11.7 Å². The van der Waals surface area contributed by atoms with Gasteiger partial charge in [-0.25, -0.2) is 14.6 Å². The highest BCUT2D eigenvalue weighted by Gasteiger charge is 2.25. The fourth-order valence-corrected chi connectivity index (χ4v) is 4.30. The molecule has 3 heterocycles. The van der Waals surface area contributed by atoms with Crippen molar-refractivity contribution in [3.05, 3.63) is 41.6 Å². The summed E-state index contributed by atoms with van der Waals surface area (Å²) in [6.07, 6.45) is 2.13. The van der Waals surface area contributed by atoms with E-state index in [0.29, 0.717) is 43.7 Å². The average molecular weight is 439 g/mol. The van der Waals surface area contributed by atoms with E-state index in [0.717, 1.165) is 42.6 Å². The lowest BCUT2D eigenvalue weighted by molar-refractivity contribution is 0.0690. The maximum Gasteiger partial charge on any atom is 0.354 e. The summed E-state index contributed by atoms with van der Waals surface area (Å²) in [4.78, 5) is 32.7. The van der Waals surface area contributed by atoms with Gasteiger partial charge in [0.1, 0.15) is 5.82 Å². The third-order valence-electron chi connectivity index (χ3n) is 6.32. The summed E-state index contributed by atoms with van der Waals surface area (Å²) in [7, 11) is 0. The third kappa shape index (κ3) is 4.85. The van der Waals surface area contributed by atoms with Crippen molar-refractivity contribution >= 4 is 23.5 Å². The number of hydrogen-bond acceptors (Lipinski definition) is 5. The van der Waals surface area contributed by atoms with E-state index in [1.165, 1.54) is 0 Å². The van der Waals surface area contributed by atoms with Crippen LogP contribution in [0, 0.1) is 12.8 Å². The number of carboxylic acid groups (broad SMARTS) is 1. The molecule has 0 saturated carbocycles. The molecule has 0 radical (unpaired) electrons. The Morgan fingerprint density at radius 1 is 1.19 bits per heavy atom. The number of carbonyl (C=O) groups excluding carboxylic acids is 1. The van der Waals surface area contributed by atoms with E-state index >= 15 is 0 Å². The summed E-state index contributed by atoms with van der Waals surface area (Å²) in [5.41, 5.74) is 3.32.